The average Bonchev–Trinajstić information content (AvgIpc) is 3.50. The summed E-state index contributed by atoms with van der Waals surface area (Å²) in [5, 5.41) is 0.703. The van der Waals surface area contributed by atoms with Crippen LogP contribution in [0.3, 0.4) is 0 Å². The summed E-state index contributed by atoms with van der Waals surface area (Å²) >= 11 is 3.45. The van der Waals surface area contributed by atoms with Crippen molar-refractivity contribution in [1.29, 1.82) is 0 Å². The molecule has 1 saturated carbocycles. The van der Waals surface area contributed by atoms with Gasteiger partial charge in [-0.3, -0.25) is 0 Å². The first-order valence-corrected chi connectivity index (χ1v) is 14.6. The Balaban J connectivity index is 1.67. The number of hydrogen-bond acceptors (Lipinski definition) is 5. The Morgan fingerprint density at radius 2 is 1.76 bits per heavy atom. The molecule has 1 unspecified atom stereocenters. The number of aromatic nitrogens is 2. The molecule has 2 heterocycles. The van der Waals surface area contributed by atoms with Gasteiger partial charge in [-0.15, -0.1) is 0 Å². The van der Waals surface area contributed by atoms with E-state index < -0.39 is 19.8 Å². The summed E-state index contributed by atoms with van der Waals surface area (Å²) in [7, 11) is -6.31. The van der Waals surface area contributed by atoms with Crippen LogP contribution in [0.1, 0.15) is 18.4 Å². The van der Waals surface area contributed by atoms with E-state index in [0.29, 0.717) is 21.5 Å². The lowest BCUT2D eigenvalue weighted by atomic mass is 10.1. The van der Waals surface area contributed by atoms with Crippen molar-refractivity contribution in [1.82, 2.24) is 8.96 Å². The summed E-state index contributed by atoms with van der Waals surface area (Å²) in [6.45, 7) is 1.77. The SMILES string of the molecule is Cc1ccccc1S(=O)(=O)n1cc(-c2ccc(S(C)(=O)=NC3CC3)cc2)c2cc(Br)cnc21. The molecule has 33 heavy (non-hydrogen) atoms. The highest BCUT2D eigenvalue weighted by atomic mass is 79.9. The third-order valence-corrected chi connectivity index (χ3v) is 9.80. The Bertz CT molecular complexity index is 1610. The van der Waals surface area contributed by atoms with Gasteiger partial charge in [-0.2, -0.15) is 0 Å². The van der Waals surface area contributed by atoms with E-state index in [1.165, 1.54) is 3.97 Å². The first-order chi connectivity index (χ1) is 15.7. The zero-order valence-corrected chi connectivity index (χ0v) is 21.3. The second-order valence-electron chi connectivity index (χ2n) is 8.30. The minimum Gasteiger partial charge on any atom is -0.245 e. The van der Waals surface area contributed by atoms with Crippen molar-refractivity contribution >= 4 is 46.7 Å². The van der Waals surface area contributed by atoms with Gasteiger partial charge >= 0.3 is 0 Å². The first-order valence-electron chi connectivity index (χ1n) is 10.5. The van der Waals surface area contributed by atoms with Crippen LogP contribution in [-0.4, -0.2) is 33.9 Å². The smallest absolute Gasteiger partial charge is 0.245 e. The zero-order valence-electron chi connectivity index (χ0n) is 18.1. The lowest BCUT2D eigenvalue weighted by Gasteiger charge is -2.09. The number of hydrogen-bond donors (Lipinski definition) is 0. The van der Waals surface area contributed by atoms with Crippen molar-refractivity contribution in [3.63, 3.8) is 0 Å². The monoisotopic (exact) mass is 543 g/mol. The Kier molecular flexibility index (Phi) is 5.46. The summed E-state index contributed by atoms with van der Waals surface area (Å²) in [5.41, 5.74) is 2.55. The maximum absolute atomic E-state index is 13.6. The van der Waals surface area contributed by atoms with Gasteiger partial charge in [-0.25, -0.2) is 25.9 Å². The molecule has 0 spiro atoms. The summed E-state index contributed by atoms with van der Waals surface area (Å²) in [6, 6.07) is 16.3. The Morgan fingerprint density at radius 3 is 2.42 bits per heavy atom. The number of benzene rings is 2. The Hall–Kier alpha value is -2.49. The molecule has 4 aromatic rings. The summed E-state index contributed by atoms with van der Waals surface area (Å²) in [6.07, 6.45) is 6.87. The van der Waals surface area contributed by atoms with Crippen molar-refractivity contribution < 1.29 is 12.6 Å². The fourth-order valence-electron chi connectivity index (χ4n) is 3.83. The molecule has 0 saturated heterocycles. The van der Waals surface area contributed by atoms with Crippen LogP contribution in [0.15, 0.2) is 85.6 Å². The molecule has 0 N–H and O–H groups in total. The van der Waals surface area contributed by atoms with E-state index >= 15 is 0 Å². The molecular formula is C24H22BrN3O3S2. The van der Waals surface area contributed by atoms with Crippen LogP contribution in [0.5, 0.6) is 0 Å². The van der Waals surface area contributed by atoms with Gasteiger partial charge in [0.05, 0.1) is 20.7 Å². The fourth-order valence-corrected chi connectivity index (χ4v) is 7.26. The Labute approximate surface area is 202 Å². The van der Waals surface area contributed by atoms with Gasteiger partial charge in [-0.1, -0.05) is 30.3 Å². The Morgan fingerprint density at radius 1 is 1.06 bits per heavy atom. The van der Waals surface area contributed by atoms with E-state index in [0.717, 1.165) is 28.4 Å². The third-order valence-electron chi connectivity index (χ3n) is 5.71. The number of halogens is 1. The molecule has 1 aliphatic rings. The van der Waals surface area contributed by atoms with Crippen LogP contribution in [0, 0.1) is 6.92 Å². The molecule has 0 radical (unpaired) electrons. The van der Waals surface area contributed by atoms with Crippen LogP contribution in [-0.2, 0) is 19.8 Å². The van der Waals surface area contributed by atoms with Gasteiger partial charge in [0.15, 0.2) is 5.65 Å². The molecule has 6 nitrogen and oxygen atoms in total. The number of rotatable bonds is 5. The van der Waals surface area contributed by atoms with E-state index in [-0.39, 0.29) is 10.9 Å². The summed E-state index contributed by atoms with van der Waals surface area (Å²) in [5.74, 6) is 0. The molecule has 5 rings (SSSR count). The second-order valence-corrected chi connectivity index (χ2v) is 13.3. The minimum absolute atomic E-state index is 0.204. The molecule has 0 bridgehead atoms. The predicted molar refractivity (Wildman–Crippen MR) is 134 cm³/mol. The quantitative estimate of drug-likeness (QED) is 0.326. The van der Waals surface area contributed by atoms with Crippen molar-refractivity contribution in [2.24, 2.45) is 4.36 Å². The molecule has 2 aromatic heterocycles. The van der Waals surface area contributed by atoms with Gasteiger partial charge in [0.1, 0.15) is 0 Å². The highest BCUT2D eigenvalue weighted by molar-refractivity contribution is 9.10. The highest BCUT2D eigenvalue weighted by Gasteiger charge is 2.25. The summed E-state index contributed by atoms with van der Waals surface area (Å²) in [4.78, 5) is 5.33. The van der Waals surface area contributed by atoms with E-state index in [4.69, 9.17) is 0 Å². The third kappa shape index (κ3) is 4.13. The van der Waals surface area contributed by atoms with E-state index in [9.17, 15) is 12.6 Å². The van der Waals surface area contributed by atoms with E-state index in [1.54, 1.807) is 43.8 Å². The summed E-state index contributed by atoms with van der Waals surface area (Å²) < 4.78 is 46.6. The standard InChI is InChI=1S/C24H22BrN3O3S2/c1-16-5-3-4-6-23(16)33(30,31)28-15-22(21-13-18(25)14-26-24(21)28)17-7-11-20(12-8-17)32(2,29)27-19-9-10-19/h3-8,11-15,19H,9-10H2,1-2H3. The van der Waals surface area contributed by atoms with Crippen molar-refractivity contribution in [3.05, 3.63) is 77.0 Å². The van der Waals surface area contributed by atoms with Gasteiger partial charge in [-0.05, 0) is 71.1 Å². The first kappa shape index (κ1) is 22.3. The van der Waals surface area contributed by atoms with Crippen LogP contribution in [0.25, 0.3) is 22.2 Å². The largest absolute Gasteiger partial charge is 0.269 e. The molecule has 170 valence electrons. The normalized spacial score (nSPS) is 16.0. The topological polar surface area (TPSA) is 81.4 Å². The predicted octanol–water partition coefficient (Wildman–Crippen LogP) is 5.63. The van der Waals surface area contributed by atoms with Crippen molar-refractivity contribution in [2.75, 3.05) is 6.26 Å². The van der Waals surface area contributed by atoms with Crippen LogP contribution in [0.2, 0.25) is 0 Å². The van der Waals surface area contributed by atoms with Crippen molar-refractivity contribution in [2.45, 2.75) is 35.6 Å². The van der Waals surface area contributed by atoms with Crippen LogP contribution in [0.4, 0.5) is 0 Å². The zero-order chi connectivity index (χ0) is 23.4. The number of fused-ring (bicyclic) bond motifs is 1. The number of pyridine rings is 1. The maximum Gasteiger partial charge on any atom is 0.269 e. The molecule has 1 fully saturated rings. The fraction of sp³-hybridized carbons (Fsp3) is 0.208. The van der Waals surface area contributed by atoms with Gasteiger partial charge in [0, 0.05) is 39.0 Å². The van der Waals surface area contributed by atoms with E-state index in [1.807, 2.05) is 36.4 Å². The molecule has 1 aliphatic carbocycles. The van der Waals surface area contributed by atoms with Gasteiger partial charge in [0.25, 0.3) is 10.0 Å². The highest BCUT2D eigenvalue weighted by Crippen LogP contribution is 2.35. The molecule has 9 heteroatoms. The average molecular weight is 544 g/mol. The molecule has 2 aromatic carbocycles. The lowest BCUT2D eigenvalue weighted by molar-refractivity contribution is 0.588. The van der Waals surface area contributed by atoms with Gasteiger partial charge in [0.2, 0.25) is 0 Å². The molecule has 1 atom stereocenters. The maximum atomic E-state index is 13.6. The van der Waals surface area contributed by atoms with Crippen LogP contribution < -0.4 is 0 Å². The lowest BCUT2D eigenvalue weighted by Crippen LogP contribution is -2.13. The van der Waals surface area contributed by atoms with E-state index in [2.05, 4.69) is 25.3 Å². The number of aryl methyl sites for hydroxylation is 1. The van der Waals surface area contributed by atoms with Crippen molar-refractivity contribution in [3.8, 4) is 11.1 Å². The number of nitrogens with zero attached hydrogens (tertiary/aromatic N) is 3. The second kappa shape index (κ2) is 8.07. The van der Waals surface area contributed by atoms with Gasteiger partial charge < -0.3 is 0 Å². The molecular weight excluding hydrogens is 522 g/mol. The molecule has 0 aliphatic heterocycles. The minimum atomic E-state index is -3.86. The van der Waals surface area contributed by atoms with Crippen LogP contribution >= 0.6 is 15.9 Å². The molecule has 0 amide bonds.